The number of amides is 2. The Bertz CT molecular complexity index is 1150. The first-order valence-corrected chi connectivity index (χ1v) is 10.8. The number of ether oxygens (including phenoxy) is 2. The summed E-state index contributed by atoms with van der Waals surface area (Å²) in [5, 5.41) is 12.2. The summed E-state index contributed by atoms with van der Waals surface area (Å²) >= 11 is 6.20. The lowest BCUT2D eigenvalue weighted by Gasteiger charge is -2.35. The quantitative estimate of drug-likeness (QED) is 0.643. The molecule has 0 unspecified atom stereocenters. The van der Waals surface area contributed by atoms with Gasteiger partial charge in [-0.25, -0.2) is 4.79 Å². The van der Waals surface area contributed by atoms with Crippen LogP contribution < -0.4 is 19.7 Å². The van der Waals surface area contributed by atoms with Crippen molar-refractivity contribution in [1.29, 1.82) is 0 Å². The van der Waals surface area contributed by atoms with E-state index in [0.717, 1.165) is 34.1 Å². The number of fused-ring (bicyclic) bond motifs is 1. The zero-order valence-electron chi connectivity index (χ0n) is 17.5. The maximum atomic E-state index is 12.6. The van der Waals surface area contributed by atoms with Gasteiger partial charge in [-0.05, 0) is 55.0 Å². The van der Waals surface area contributed by atoms with Crippen molar-refractivity contribution in [2.75, 3.05) is 43.2 Å². The minimum absolute atomic E-state index is 0.151. The van der Waals surface area contributed by atoms with Gasteiger partial charge in [-0.3, -0.25) is 0 Å². The molecule has 0 radical (unpaired) electrons. The molecule has 2 aliphatic rings. The van der Waals surface area contributed by atoms with Crippen molar-refractivity contribution in [2.45, 2.75) is 6.92 Å². The molecule has 0 aliphatic carbocycles. The molecule has 164 valence electrons. The molecule has 3 aromatic rings. The van der Waals surface area contributed by atoms with E-state index in [2.05, 4.69) is 20.4 Å². The lowest BCUT2D eigenvalue weighted by Crippen LogP contribution is -2.50. The van der Waals surface area contributed by atoms with Gasteiger partial charge in [-0.15, -0.1) is 10.2 Å². The Kier molecular flexibility index (Phi) is 5.45. The number of rotatable bonds is 3. The van der Waals surface area contributed by atoms with Crippen LogP contribution in [0.1, 0.15) is 5.56 Å². The van der Waals surface area contributed by atoms with Crippen LogP contribution in [0.3, 0.4) is 0 Å². The number of carbonyl (C=O) groups is 1. The number of benzene rings is 2. The van der Waals surface area contributed by atoms with E-state index in [0.29, 0.717) is 36.9 Å². The molecular formula is C23H22ClN5O3. The number of halogens is 1. The van der Waals surface area contributed by atoms with Gasteiger partial charge in [0, 0.05) is 31.7 Å². The normalized spacial score (nSPS) is 15.1. The molecule has 0 atom stereocenters. The third kappa shape index (κ3) is 4.13. The van der Waals surface area contributed by atoms with E-state index in [9.17, 15) is 4.79 Å². The number of carbonyl (C=O) groups excluding carboxylic acids is 1. The Balaban J connectivity index is 1.20. The Labute approximate surface area is 190 Å². The molecule has 0 bridgehead atoms. The second-order valence-corrected chi connectivity index (χ2v) is 8.14. The monoisotopic (exact) mass is 451 g/mol. The molecule has 8 nitrogen and oxygen atoms in total. The van der Waals surface area contributed by atoms with Gasteiger partial charge in [0.15, 0.2) is 17.3 Å². The molecule has 5 rings (SSSR count). The maximum absolute atomic E-state index is 12.6. The molecule has 0 saturated carbocycles. The summed E-state index contributed by atoms with van der Waals surface area (Å²) in [5.74, 6) is 2.25. The van der Waals surface area contributed by atoms with Gasteiger partial charge in [0.05, 0.1) is 16.4 Å². The van der Waals surface area contributed by atoms with Crippen LogP contribution >= 0.6 is 11.6 Å². The topological polar surface area (TPSA) is 79.8 Å². The lowest BCUT2D eigenvalue weighted by atomic mass is 10.1. The molecule has 1 N–H and O–H groups in total. The number of aryl methyl sites for hydroxylation is 1. The van der Waals surface area contributed by atoms with Crippen molar-refractivity contribution in [3.63, 3.8) is 0 Å². The van der Waals surface area contributed by atoms with Crippen LogP contribution in [0.25, 0.3) is 11.3 Å². The van der Waals surface area contributed by atoms with Crippen molar-refractivity contribution in [1.82, 2.24) is 15.1 Å². The highest BCUT2D eigenvalue weighted by molar-refractivity contribution is 6.33. The van der Waals surface area contributed by atoms with Gasteiger partial charge in [0.25, 0.3) is 0 Å². The van der Waals surface area contributed by atoms with Crippen molar-refractivity contribution < 1.29 is 14.3 Å². The maximum Gasteiger partial charge on any atom is 0.322 e. The number of hydrogen-bond acceptors (Lipinski definition) is 6. The van der Waals surface area contributed by atoms with Gasteiger partial charge in [0.1, 0.15) is 0 Å². The van der Waals surface area contributed by atoms with Crippen molar-refractivity contribution >= 4 is 29.1 Å². The second kappa shape index (κ2) is 8.55. The SMILES string of the molecule is Cc1ccc(Cl)c(NC(=O)N2CCN(c3ccc(-c4ccc5c(c4)OCO5)nn3)CC2)c1. The first kappa shape index (κ1) is 20.4. The first-order chi connectivity index (χ1) is 15.6. The highest BCUT2D eigenvalue weighted by Crippen LogP contribution is 2.35. The summed E-state index contributed by atoms with van der Waals surface area (Å²) in [6, 6.07) is 15.0. The predicted octanol–water partition coefficient (Wildman–Crippen LogP) is 4.19. The van der Waals surface area contributed by atoms with Gasteiger partial charge >= 0.3 is 6.03 Å². The molecule has 2 amide bonds. The average Bonchev–Trinajstić information content (AvgIpc) is 3.30. The van der Waals surface area contributed by atoms with E-state index >= 15 is 0 Å². The summed E-state index contributed by atoms with van der Waals surface area (Å²) in [5.41, 5.74) is 3.35. The van der Waals surface area contributed by atoms with E-state index in [1.807, 2.05) is 49.4 Å². The second-order valence-electron chi connectivity index (χ2n) is 7.73. The summed E-state index contributed by atoms with van der Waals surface area (Å²) in [4.78, 5) is 16.6. The fourth-order valence-corrected chi connectivity index (χ4v) is 3.94. The fraction of sp³-hybridized carbons (Fsp3) is 0.261. The molecule has 0 spiro atoms. The third-order valence-corrected chi connectivity index (χ3v) is 5.90. The molecule has 1 aromatic heterocycles. The highest BCUT2D eigenvalue weighted by atomic mass is 35.5. The van der Waals surface area contributed by atoms with E-state index in [4.69, 9.17) is 21.1 Å². The zero-order valence-corrected chi connectivity index (χ0v) is 18.3. The van der Waals surface area contributed by atoms with Crippen LogP contribution in [0.4, 0.5) is 16.3 Å². The van der Waals surface area contributed by atoms with E-state index < -0.39 is 0 Å². The van der Waals surface area contributed by atoms with Crippen LogP contribution in [0.15, 0.2) is 48.5 Å². The van der Waals surface area contributed by atoms with Gasteiger partial charge in [-0.1, -0.05) is 17.7 Å². The Morgan fingerprint density at radius 2 is 1.78 bits per heavy atom. The molecule has 32 heavy (non-hydrogen) atoms. The minimum atomic E-state index is -0.151. The van der Waals surface area contributed by atoms with Gasteiger partial charge in [-0.2, -0.15) is 0 Å². The van der Waals surface area contributed by atoms with Crippen LogP contribution in [0.5, 0.6) is 11.5 Å². The largest absolute Gasteiger partial charge is 0.454 e. The summed E-state index contributed by atoms with van der Waals surface area (Å²) in [6.45, 7) is 4.72. The molecule has 3 heterocycles. The van der Waals surface area contributed by atoms with Crippen LogP contribution in [-0.2, 0) is 0 Å². The minimum Gasteiger partial charge on any atom is -0.454 e. The fourth-order valence-electron chi connectivity index (χ4n) is 3.77. The number of piperazine rings is 1. The highest BCUT2D eigenvalue weighted by Gasteiger charge is 2.23. The number of nitrogens with one attached hydrogen (secondary N) is 1. The van der Waals surface area contributed by atoms with E-state index in [-0.39, 0.29) is 12.8 Å². The Morgan fingerprint density at radius 3 is 2.56 bits per heavy atom. The number of aromatic nitrogens is 2. The van der Waals surface area contributed by atoms with Gasteiger partial charge < -0.3 is 24.6 Å². The molecule has 1 fully saturated rings. The Morgan fingerprint density at radius 1 is 0.969 bits per heavy atom. The smallest absolute Gasteiger partial charge is 0.322 e. The van der Waals surface area contributed by atoms with Crippen molar-refractivity contribution in [3.05, 3.63) is 59.1 Å². The first-order valence-electron chi connectivity index (χ1n) is 10.4. The Hall–Kier alpha value is -3.52. The molecule has 9 heteroatoms. The van der Waals surface area contributed by atoms with E-state index in [1.165, 1.54) is 0 Å². The van der Waals surface area contributed by atoms with Crippen molar-refractivity contribution in [2.24, 2.45) is 0 Å². The molecular weight excluding hydrogens is 430 g/mol. The average molecular weight is 452 g/mol. The summed E-state index contributed by atoms with van der Waals surface area (Å²) < 4.78 is 10.8. The molecule has 2 aliphatic heterocycles. The number of hydrogen-bond donors (Lipinski definition) is 1. The zero-order chi connectivity index (χ0) is 22.1. The summed E-state index contributed by atoms with van der Waals surface area (Å²) in [6.07, 6.45) is 0. The lowest BCUT2D eigenvalue weighted by molar-refractivity contribution is 0.174. The van der Waals surface area contributed by atoms with Crippen LogP contribution in [0.2, 0.25) is 5.02 Å². The molecule has 1 saturated heterocycles. The van der Waals surface area contributed by atoms with Crippen molar-refractivity contribution in [3.8, 4) is 22.8 Å². The predicted molar refractivity (Wildman–Crippen MR) is 123 cm³/mol. The standard InChI is InChI=1S/C23H22ClN5O3/c1-15-2-4-17(24)19(12-15)25-23(30)29-10-8-28(9-11-29)22-7-5-18(26-27-22)16-3-6-20-21(13-16)32-14-31-20/h2-7,12-13H,8-11,14H2,1H3,(H,25,30). The van der Waals surface area contributed by atoms with Crippen LogP contribution in [-0.4, -0.2) is 54.1 Å². The van der Waals surface area contributed by atoms with Crippen LogP contribution in [0, 0.1) is 6.92 Å². The number of nitrogens with zero attached hydrogens (tertiary/aromatic N) is 4. The number of anilines is 2. The molecule has 2 aromatic carbocycles. The number of urea groups is 1. The third-order valence-electron chi connectivity index (χ3n) is 5.57. The van der Waals surface area contributed by atoms with Gasteiger partial charge in [0.2, 0.25) is 6.79 Å². The summed E-state index contributed by atoms with van der Waals surface area (Å²) in [7, 11) is 0. The van der Waals surface area contributed by atoms with E-state index in [1.54, 1.807) is 11.0 Å².